The summed E-state index contributed by atoms with van der Waals surface area (Å²) in [5.74, 6) is 1.78. The zero-order valence-electron chi connectivity index (χ0n) is 11.6. The summed E-state index contributed by atoms with van der Waals surface area (Å²) in [5, 5.41) is 3.07. The van der Waals surface area contributed by atoms with Gasteiger partial charge in [0.1, 0.15) is 11.6 Å². The molecule has 0 amide bonds. The maximum atomic E-state index is 4.47. The summed E-state index contributed by atoms with van der Waals surface area (Å²) >= 11 is 0. The van der Waals surface area contributed by atoms with E-state index in [1.807, 2.05) is 20.0 Å². The third kappa shape index (κ3) is 4.30. The SMILES string of the molecule is CCCC(C)N(C)Cc1nc(C)cc(NC)n1. The minimum Gasteiger partial charge on any atom is -0.373 e. The van der Waals surface area contributed by atoms with Gasteiger partial charge in [0, 0.05) is 24.8 Å². The van der Waals surface area contributed by atoms with Gasteiger partial charge in [-0.2, -0.15) is 0 Å². The van der Waals surface area contributed by atoms with Gasteiger partial charge >= 0.3 is 0 Å². The molecule has 0 aliphatic rings. The summed E-state index contributed by atoms with van der Waals surface area (Å²) < 4.78 is 0. The molecule has 1 aromatic rings. The number of nitrogens with zero attached hydrogens (tertiary/aromatic N) is 3. The first-order valence-electron chi connectivity index (χ1n) is 6.29. The van der Waals surface area contributed by atoms with Crippen LogP contribution in [0.1, 0.15) is 38.2 Å². The van der Waals surface area contributed by atoms with Crippen molar-refractivity contribution in [3.63, 3.8) is 0 Å². The molecule has 0 saturated heterocycles. The van der Waals surface area contributed by atoms with Crippen molar-refractivity contribution in [2.24, 2.45) is 0 Å². The minimum atomic E-state index is 0.571. The maximum absolute atomic E-state index is 4.47. The number of nitrogens with one attached hydrogen (secondary N) is 1. The van der Waals surface area contributed by atoms with E-state index in [4.69, 9.17) is 0 Å². The fourth-order valence-electron chi connectivity index (χ4n) is 1.85. The van der Waals surface area contributed by atoms with Gasteiger partial charge in [0.05, 0.1) is 6.54 Å². The topological polar surface area (TPSA) is 41.1 Å². The van der Waals surface area contributed by atoms with E-state index in [1.165, 1.54) is 12.8 Å². The smallest absolute Gasteiger partial charge is 0.144 e. The van der Waals surface area contributed by atoms with Crippen LogP contribution >= 0.6 is 0 Å². The normalized spacial score (nSPS) is 12.8. The van der Waals surface area contributed by atoms with Crippen LogP contribution in [-0.2, 0) is 6.54 Å². The van der Waals surface area contributed by atoms with E-state index in [0.29, 0.717) is 6.04 Å². The molecule has 0 bridgehead atoms. The van der Waals surface area contributed by atoms with E-state index in [2.05, 4.69) is 41.1 Å². The molecule has 0 saturated carbocycles. The lowest BCUT2D eigenvalue weighted by molar-refractivity contribution is 0.231. The van der Waals surface area contributed by atoms with E-state index in [9.17, 15) is 0 Å². The highest BCUT2D eigenvalue weighted by Crippen LogP contribution is 2.10. The molecule has 4 nitrogen and oxygen atoms in total. The second kappa shape index (κ2) is 6.55. The largest absolute Gasteiger partial charge is 0.373 e. The summed E-state index contributed by atoms with van der Waals surface area (Å²) in [4.78, 5) is 11.2. The van der Waals surface area contributed by atoms with Gasteiger partial charge in [-0.05, 0) is 27.3 Å². The molecule has 17 heavy (non-hydrogen) atoms. The first kappa shape index (κ1) is 13.9. The number of anilines is 1. The Morgan fingerprint density at radius 1 is 1.41 bits per heavy atom. The van der Waals surface area contributed by atoms with Crippen molar-refractivity contribution >= 4 is 5.82 Å². The predicted molar refractivity (Wildman–Crippen MR) is 72.2 cm³/mol. The highest BCUT2D eigenvalue weighted by molar-refractivity contribution is 5.34. The first-order chi connectivity index (χ1) is 8.06. The van der Waals surface area contributed by atoms with Crippen molar-refractivity contribution in [2.45, 2.75) is 46.2 Å². The van der Waals surface area contributed by atoms with Gasteiger partial charge in [-0.15, -0.1) is 0 Å². The minimum absolute atomic E-state index is 0.571. The van der Waals surface area contributed by atoms with Crippen LogP contribution < -0.4 is 5.32 Å². The summed E-state index contributed by atoms with van der Waals surface area (Å²) in [6.07, 6.45) is 2.42. The van der Waals surface area contributed by atoms with Gasteiger partial charge < -0.3 is 5.32 Å². The lowest BCUT2D eigenvalue weighted by Crippen LogP contribution is -2.29. The van der Waals surface area contributed by atoms with Crippen molar-refractivity contribution in [3.05, 3.63) is 17.6 Å². The van der Waals surface area contributed by atoms with E-state index in [1.54, 1.807) is 0 Å². The zero-order valence-corrected chi connectivity index (χ0v) is 11.6. The molecule has 1 atom stereocenters. The van der Waals surface area contributed by atoms with Crippen molar-refractivity contribution in [2.75, 3.05) is 19.4 Å². The Labute approximate surface area is 104 Å². The third-order valence-corrected chi connectivity index (χ3v) is 3.01. The molecule has 0 aliphatic heterocycles. The second-order valence-corrected chi connectivity index (χ2v) is 4.61. The van der Waals surface area contributed by atoms with E-state index in [0.717, 1.165) is 23.9 Å². The molecule has 1 heterocycles. The molecule has 4 heteroatoms. The highest BCUT2D eigenvalue weighted by Gasteiger charge is 2.10. The van der Waals surface area contributed by atoms with Gasteiger partial charge in [0.25, 0.3) is 0 Å². The molecule has 0 spiro atoms. The van der Waals surface area contributed by atoms with Crippen LogP contribution in [0.4, 0.5) is 5.82 Å². The summed E-state index contributed by atoms with van der Waals surface area (Å²) in [6, 6.07) is 2.53. The lowest BCUT2D eigenvalue weighted by atomic mass is 10.2. The van der Waals surface area contributed by atoms with Gasteiger partial charge in [-0.25, -0.2) is 9.97 Å². The van der Waals surface area contributed by atoms with Gasteiger partial charge in [-0.3, -0.25) is 4.90 Å². The monoisotopic (exact) mass is 236 g/mol. The zero-order chi connectivity index (χ0) is 12.8. The van der Waals surface area contributed by atoms with Crippen molar-refractivity contribution in [1.29, 1.82) is 0 Å². The van der Waals surface area contributed by atoms with Crippen LogP contribution in [-0.4, -0.2) is 35.0 Å². The van der Waals surface area contributed by atoms with Gasteiger partial charge in [0.15, 0.2) is 0 Å². The third-order valence-electron chi connectivity index (χ3n) is 3.01. The highest BCUT2D eigenvalue weighted by atomic mass is 15.2. The molecule has 1 N–H and O–H groups in total. The van der Waals surface area contributed by atoms with Crippen molar-refractivity contribution in [3.8, 4) is 0 Å². The Bertz CT molecular complexity index is 351. The number of aromatic nitrogens is 2. The molecule has 96 valence electrons. The van der Waals surface area contributed by atoms with Crippen LogP contribution in [0.15, 0.2) is 6.07 Å². The van der Waals surface area contributed by atoms with Crippen molar-refractivity contribution in [1.82, 2.24) is 14.9 Å². The molecule has 1 unspecified atom stereocenters. The second-order valence-electron chi connectivity index (χ2n) is 4.61. The fraction of sp³-hybridized carbons (Fsp3) is 0.692. The number of hydrogen-bond acceptors (Lipinski definition) is 4. The fourth-order valence-corrected chi connectivity index (χ4v) is 1.85. The summed E-state index contributed by atoms with van der Waals surface area (Å²) in [5.41, 5.74) is 1.01. The van der Waals surface area contributed by atoms with E-state index < -0.39 is 0 Å². The molecule has 1 aromatic heterocycles. The Kier molecular flexibility index (Phi) is 5.35. The number of rotatable bonds is 6. The molecular weight excluding hydrogens is 212 g/mol. The molecule has 0 fully saturated rings. The number of aryl methyl sites for hydroxylation is 1. The van der Waals surface area contributed by atoms with Crippen LogP contribution in [0, 0.1) is 6.92 Å². The predicted octanol–water partition coefficient (Wildman–Crippen LogP) is 2.45. The van der Waals surface area contributed by atoms with Crippen LogP contribution in [0.25, 0.3) is 0 Å². The molecule has 0 radical (unpaired) electrons. The Morgan fingerprint density at radius 3 is 2.71 bits per heavy atom. The van der Waals surface area contributed by atoms with Gasteiger partial charge in [0.2, 0.25) is 0 Å². The standard InChI is InChI=1S/C13H24N4/c1-6-7-11(3)17(5)9-13-15-10(2)8-12(14-4)16-13/h8,11H,6-7,9H2,1-5H3,(H,14,15,16). The van der Waals surface area contributed by atoms with Crippen LogP contribution in [0.2, 0.25) is 0 Å². The first-order valence-corrected chi connectivity index (χ1v) is 6.29. The Morgan fingerprint density at radius 2 is 2.12 bits per heavy atom. The summed E-state index contributed by atoms with van der Waals surface area (Å²) in [6.45, 7) is 7.27. The molecule has 1 rings (SSSR count). The molecular formula is C13H24N4. The Balaban J connectivity index is 2.70. The molecule has 0 aromatic carbocycles. The Hall–Kier alpha value is -1.16. The average Bonchev–Trinajstić information content (AvgIpc) is 2.28. The average molecular weight is 236 g/mol. The quantitative estimate of drug-likeness (QED) is 0.823. The van der Waals surface area contributed by atoms with E-state index in [-0.39, 0.29) is 0 Å². The van der Waals surface area contributed by atoms with Crippen molar-refractivity contribution < 1.29 is 0 Å². The van der Waals surface area contributed by atoms with Crippen LogP contribution in [0.3, 0.4) is 0 Å². The lowest BCUT2D eigenvalue weighted by Gasteiger charge is -2.23. The maximum Gasteiger partial charge on any atom is 0.144 e. The molecule has 0 aliphatic carbocycles. The van der Waals surface area contributed by atoms with E-state index >= 15 is 0 Å². The van der Waals surface area contributed by atoms with Gasteiger partial charge in [-0.1, -0.05) is 13.3 Å². The van der Waals surface area contributed by atoms with Crippen LogP contribution in [0.5, 0.6) is 0 Å². The number of hydrogen-bond donors (Lipinski definition) is 1. The summed E-state index contributed by atoms with van der Waals surface area (Å²) in [7, 11) is 4.01.